The number of halogens is 3. The number of nitrogens with one attached hydrogen (secondary N) is 2. The molecule has 3 aromatic carbocycles. The number of ether oxygens (including phenoxy) is 1. The van der Waals surface area contributed by atoms with Crippen molar-refractivity contribution in [1.29, 1.82) is 0 Å². The number of benzene rings is 3. The molecule has 5 nitrogen and oxygen atoms in total. The lowest BCUT2D eigenvalue weighted by molar-refractivity contribution is -0.137. The van der Waals surface area contributed by atoms with Crippen molar-refractivity contribution in [3.05, 3.63) is 65.7 Å². The van der Waals surface area contributed by atoms with E-state index >= 15 is 0 Å². The quantitative estimate of drug-likeness (QED) is 0.443. The van der Waals surface area contributed by atoms with Crippen molar-refractivity contribution in [2.75, 3.05) is 30.4 Å². The molecule has 0 bridgehead atoms. The average Bonchev–Trinajstić information content (AvgIpc) is 2.83. The van der Waals surface area contributed by atoms with Crippen LogP contribution in [0.15, 0.2) is 54.6 Å². The number of hydrogen-bond acceptors (Lipinski definition) is 4. The lowest BCUT2D eigenvalue weighted by Crippen LogP contribution is -2.36. The summed E-state index contributed by atoms with van der Waals surface area (Å²) in [5.41, 5.74) is 0.298. The van der Waals surface area contributed by atoms with E-state index < -0.39 is 17.6 Å². The van der Waals surface area contributed by atoms with Crippen molar-refractivity contribution < 1.29 is 22.7 Å². The number of thiocarbonyl (C=S) groups is 1. The van der Waals surface area contributed by atoms with Gasteiger partial charge in [0.1, 0.15) is 5.75 Å². The minimum absolute atomic E-state index is 0.0993. The first kappa shape index (κ1) is 23.8. The van der Waals surface area contributed by atoms with E-state index in [2.05, 4.69) is 10.6 Å². The topological polar surface area (TPSA) is 53.6 Å². The largest absolute Gasteiger partial charge is 0.496 e. The van der Waals surface area contributed by atoms with Crippen LogP contribution in [-0.4, -0.2) is 31.2 Å². The maximum absolute atomic E-state index is 13.4. The van der Waals surface area contributed by atoms with Crippen molar-refractivity contribution in [1.82, 2.24) is 5.32 Å². The molecule has 0 aliphatic carbocycles. The predicted molar refractivity (Wildman–Crippen MR) is 132 cm³/mol. The number of hydrogen-bond donors (Lipinski definition) is 2. The summed E-state index contributed by atoms with van der Waals surface area (Å²) >= 11 is 5.30. The second-order valence-corrected chi connectivity index (χ2v) is 8.49. The maximum Gasteiger partial charge on any atom is 0.416 e. The second-order valence-electron chi connectivity index (χ2n) is 8.09. The summed E-state index contributed by atoms with van der Waals surface area (Å²) in [6.45, 7) is 1.49. The number of carbonyl (C=O) groups is 1. The van der Waals surface area contributed by atoms with Crippen LogP contribution in [0, 0.1) is 0 Å². The summed E-state index contributed by atoms with van der Waals surface area (Å²) < 4.78 is 45.5. The summed E-state index contributed by atoms with van der Waals surface area (Å²) in [5, 5.41) is 7.04. The van der Waals surface area contributed by atoms with Gasteiger partial charge in [-0.1, -0.05) is 24.3 Å². The molecule has 4 rings (SSSR count). The van der Waals surface area contributed by atoms with Crippen molar-refractivity contribution >= 4 is 45.4 Å². The van der Waals surface area contributed by atoms with Crippen molar-refractivity contribution in [2.45, 2.75) is 25.4 Å². The summed E-state index contributed by atoms with van der Waals surface area (Å²) in [6.07, 6.45) is -1.49. The van der Waals surface area contributed by atoms with Gasteiger partial charge >= 0.3 is 6.18 Å². The number of piperidine rings is 1. The molecule has 34 heavy (non-hydrogen) atoms. The van der Waals surface area contributed by atoms with Crippen LogP contribution in [0.2, 0.25) is 0 Å². The Hall–Kier alpha value is -3.33. The zero-order chi connectivity index (χ0) is 24.3. The second kappa shape index (κ2) is 9.89. The van der Waals surface area contributed by atoms with E-state index in [4.69, 9.17) is 17.0 Å². The Kier molecular flexibility index (Phi) is 6.92. The fourth-order valence-electron chi connectivity index (χ4n) is 4.11. The summed E-state index contributed by atoms with van der Waals surface area (Å²) in [5.74, 6) is -0.154. The molecule has 1 saturated heterocycles. The van der Waals surface area contributed by atoms with Gasteiger partial charge in [0.05, 0.1) is 29.6 Å². The fraction of sp³-hybridized carbons (Fsp3) is 0.280. The maximum atomic E-state index is 13.4. The first-order valence-electron chi connectivity index (χ1n) is 10.9. The molecule has 0 unspecified atom stereocenters. The van der Waals surface area contributed by atoms with Crippen LogP contribution in [0.1, 0.15) is 35.2 Å². The number of rotatable bonds is 4. The highest BCUT2D eigenvalue weighted by Crippen LogP contribution is 2.36. The van der Waals surface area contributed by atoms with Gasteiger partial charge in [-0.15, -0.1) is 0 Å². The molecule has 1 aliphatic heterocycles. The van der Waals surface area contributed by atoms with E-state index in [1.807, 2.05) is 29.2 Å². The summed E-state index contributed by atoms with van der Waals surface area (Å²) in [6, 6.07) is 14.5. The molecular formula is C25H24F3N3O2S. The number of alkyl halides is 3. The number of anilines is 2. The molecule has 0 aromatic heterocycles. The SMILES string of the molecule is COc1cc2ccccc2cc1C(=O)NC(=S)Nc1cc(C(F)(F)F)ccc1N1CCCCC1. The van der Waals surface area contributed by atoms with Gasteiger partial charge < -0.3 is 15.0 Å². The molecule has 0 radical (unpaired) electrons. The molecule has 0 atom stereocenters. The number of methoxy groups -OCH3 is 1. The first-order chi connectivity index (χ1) is 16.3. The highest BCUT2D eigenvalue weighted by molar-refractivity contribution is 7.80. The van der Waals surface area contributed by atoms with Gasteiger partial charge in [-0.25, -0.2) is 0 Å². The Bertz CT molecular complexity index is 1220. The Morgan fingerprint density at radius 1 is 1.00 bits per heavy atom. The van der Waals surface area contributed by atoms with Crippen molar-refractivity contribution in [2.24, 2.45) is 0 Å². The number of carbonyl (C=O) groups excluding carboxylic acids is 1. The normalized spacial score (nSPS) is 14.1. The Morgan fingerprint density at radius 3 is 2.32 bits per heavy atom. The highest BCUT2D eigenvalue weighted by Gasteiger charge is 2.32. The number of amides is 1. The predicted octanol–water partition coefficient (Wildman–Crippen LogP) is 5.98. The molecule has 9 heteroatoms. The van der Waals surface area contributed by atoms with E-state index in [9.17, 15) is 18.0 Å². The average molecular weight is 488 g/mol. The molecule has 1 heterocycles. The summed E-state index contributed by atoms with van der Waals surface area (Å²) in [7, 11) is 1.46. The molecular weight excluding hydrogens is 463 g/mol. The minimum Gasteiger partial charge on any atom is -0.496 e. The fourth-order valence-corrected chi connectivity index (χ4v) is 4.32. The van der Waals surface area contributed by atoms with Crippen molar-refractivity contribution in [3.8, 4) is 5.75 Å². The van der Waals surface area contributed by atoms with E-state index in [0.717, 1.165) is 55.3 Å². The van der Waals surface area contributed by atoms with Gasteiger partial charge in [-0.05, 0) is 72.6 Å². The molecule has 3 aromatic rings. The van der Waals surface area contributed by atoms with Crippen LogP contribution in [0.25, 0.3) is 10.8 Å². The first-order valence-corrected chi connectivity index (χ1v) is 11.3. The number of fused-ring (bicyclic) bond motifs is 1. The van der Waals surface area contributed by atoms with Gasteiger partial charge in [0, 0.05) is 13.1 Å². The Labute approximate surface area is 200 Å². The molecule has 2 N–H and O–H groups in total. The zero-order valence-electron chi connectivity index (χ0n) is 18.5. The van der Waals surface area contributed by atoms with Gasteiger partial charge in [-0.2, -0.15) is 13.2 Å². The molecule has 1 aliphatic rings. The Morgan fingerprint density at radius 2 is 1.68 bits per heavy atom. The third-order valence-electron chi connectivity index (χ3n) is 5.81. The minimum atomic E-state index is -4.50. The van der Waals surface area contributed by atoms with E-state index in [1.165, 1.54) is 13.2 Å². The van der Waals surface area contributed by atoms with Crippen LogP contribution in [0.3, 0.4) is 0 Å². The summed E-state index contributed by atoms with van der Waals surface area (Å²) in [4.78, 5) is 15.0. The van der Waals surface area contributed by atoms with Crippen LogP contribution in [-0.2, 0) is 6.18 Å². The van der Waals surface area contributed by atoms with E-state index in [1.54, 1.807) is 12.1 Å². The lowest BCUT2D eigenvalue weighted by Gasteiger charge is -2.31. The molecule has 1 amide bonds. The smallest absolute Gasteiger partial charge is 0.416 e. The molecule has 0 saturated carbocycles. The monoisotopic (exact) mass is 487 g/mol. The molecule has 1 fully saturated rings. The van der Waals surface area contributed by atoms with Crippen LogP contribution in [0.4, 0.5) is 24.5 Å². The van der Waals surface area contributed by atoms with Gasteiger partial charge in [-0.3, -0.25) is 10.1 Å². The van der Waals surface area contributed by atoms with Crippen LogP contribution >= 0.6 is 12.2 Å². The number of nitrogens with zero attached hydrogens (tertiary/aromatic N) is 1. The third kappa shape index (κ3) is 5.25. The van der Waals surface area contributed by atoms with E-state index in [-0.39, 0.29) is 16.4 Å². The molecule has 0 spiro atoms. The highest BCUT2D eigenvalue weighted by atomic mass is 32.1. The third-order valence-corrected chi connectivity index (χ3v) is 6.01. The van der Waals surface area contributed by atoms with Gasteiger partial charge in [0.2, 0.25) is 0 Å². The van der Waals surface area contributed by atoms with Crippen LogP contribution in [0.5, 0.6) is 5.75 Å². The zero-order valence-corrected chi connectivity index (χ0v) is 19.4. The van der Waals surface area contributed by atoms with E-state index in [0.29, 0.717) is 11.4 Å². The lowest BCUT2D eigenvalue weighted by atomic mass is 10.1. The van der Waals surface area contributed by atoms with Gasteiger partial charge in [0.25, 0.3) is 5.91 Å². The standard InChI is InChI=1S/C25H24F3N3O2S/c1-33-22-14-17-8-4-3-7-16(17)13-19(22)23(32)30-24(34)29-20-15-18(25(26,27)28)9-10-21(20)31-11-5-2-6-12-31/h3-4,7-10,13-15H,2,5-6,11-12H2,1H3,(H2,29,30,32,34). The Balaban J connectivity index is 1.58. The molecule has 178 valence electrons. The van der Waals surface area contributed by atoms with Crippen molar-refractivity contribution in [3.63, 3.8) is 0 Å². The van der Waals surface area contributed by atoms with Gasteiger partial charge in [0.15, 0.2) is 5.11 Å². The van der Waals surface area contributed by atoms with Crippen LogP contribution < -0.4 is 20.3 Å².